The Morgan fingerprint density at radius 2 is 0.759 bits per heavy atom. The van der Waals surface area contributed by atoms with Gasteiger partial charge in [0, 0.05) is 0 Å². The SMILES string of the molecule is CCCCCCC1CCC(c2ccc(-c3ccc(C(=O)OC(C)C(C)OC(=O)c4ccc(-c5ccc(C6CCC(CCCCCC)CC6)cc5)cc4)cc3)cc2)CC1. The monoisotopic (exact) mass is 783 g/mol. The lowest BCUT2D eigenvalue weighted by Crippen LogP contribution is -2.30. The molecular weight excluding hydrogens is 713 g/mol. The van der Waals surface area contributed by atoms with Gasteiger partial charge < -0.3 is 9.47 Å². The van der Waals surface area contributed by atoms with Gasteiger partial charge in [0.15, 0.2) is 0 Å². The molecule has 4 aromatic rings. The minimum Gasteiger partial charge on any atom is -0.455 e. The molecule has 0 aromatic heterocycles. The van der Waals surface area contributed by atoms with E-state index in [1.807, 2.05) is 48.5 Å². The van der Waals surface area contributed by atoms with Gasteiger partial charge in [-0.15, -0.1) is 0 Å². The van der Waals surface area contributed by atoms with Gasteiger partial charge in [-0.25, -0.2) is 9.59 Å². The topological polar surface area (TPSA) is 52.6 Å². The predicted molar refractivity (Wildman–Crippen MR) is 240 cm³/mol. The van der Waals surface area contributed by atoms with E-state index in [4.69, 9.17) is 9.47 Å². The fourth-order valence-electron chi connectivity index (χ4n) is 9.45. The molecule has 310 valence electrons. The van der Waals surface area contributed by atoms with Crippen LogP contribution in [0, 0.1) is 11.8 Å². The highest BCUT2D eigenvalue weighted by Crippen LogP contribution is 2.40. The molecule has 58 heavy (non-hydrogen) atoms. The number of rotatable bonds is 19. The first kappa shape index (κ1) is 43.4. The van der Waals surface area contributed by atoms with Crippen LogP contribution in [0.2, 0.25) is 0 Å². The number of hydrogen-bond acceptors (Lipinski definition) is 4. The van der Waals surface area contributed by atoms with Gasteiger partial charge >= 0.3 is 11.9 Å². The summed E-state index contributed by atoms with van der Waals surface area (Å²) in [5, 5.41) is 0. The van der Waals surface area contributed by atoms with Crippen molar-refractivity contribution in [1.82, 2.24) is 0 Å². The Hall–Kier alpha value is -4.18. The summed E-state index contributed by atoms with van der Waals surface area (Å²) in [6, 6.07) is 33.2. The van der Waals surface area contributed by atoms with E-state index in [1.165, 1.54) is 127 Å². The molecule has 0 aliphatic heterocycles. The Balaban J connectivity index is 0.922. The minimum atomic E-state index is -0.613. The van der Waals surface area contributed by atoms with Crippen LogP contribution in [0.1, 0.15) is 187 Å². The molecule has 0 spiro atoms. The molecule has 4 heteroatoms. The first-order valence-electron chi connectivity index (χ1n) is 23.1. The van der Waals surface area contributed by atoms with E-state index in [0.717, 1.165) is 34.1 Å². The van der Waals surface area contributed by atoms with Crippen molar-refractivity contribution in [1.29, 1.82) is 0 Å². The second-order valence-electron chi connectivity index (χ2n) is 17.8. The maximum absolute atomic E-state index is 13.1. The Morgan fingerprint density at radius 3 is 1.07 bits per heavy atom. The average Bonchev–Trinajstić information content (AvgIpc) is 3.27. The van der Waals surface area contributed by atoms with E-state index >= 15 is 0 Å². The lowest BCUT2D eigenvalue weighted by atomic mass is 9.77. The smallest absolute Gasteiger partial charge is 0.338 e. The van der Waals surface area contributed by atoms with Crippen LogP contribution in [0.15, 0.2) is 97.1 Å². The summed E-state index contributed by atoms with van der Waals surface area (Å²) >= 11 is 0. The Labute approximate surface area is 350 Å². The van der Waals surface area contributed by atoms with Crippen LogP contribution in [0.5, 0.6) is 0 Å². The second kappa shape index (κ2) is 22.3. The lowest BCUT2D eigenvalue weighted by Gasteiger charge is -2.29. The van der Waals surface area contributed by atoms with Crippen molar-refractivity contribution >= 4 is 11.9 Å². The number of carbonyl (C=O) groups excluding carboxylic acids is 2. The van der Waals surface area contributed by atoms with Gasteiger partial charge in [0.05, 0.1) is 11.1 Å². The summed E-state index contributed by atoms with van der Waals surface area (Å²) < 4.78 is 11.5. The van der Waals surface area contributed by atoms with E-state index in [2.05, 4.69) is 62.4 Å². The summed E-state index contributed by atoms with van der Waals surface area (Å²) in [6.45, 7) is 8.09. The van der Waals surface area contributed by atoms with Crippen molar-refractivity contribution in [2.45, 2.75) is 167 Å². The highest BCUT2D eigenvalue weighted by atomic mass is 16.6. The molecule has 2 unspecified atom stereocenters. The van der Waals surface area contributed by atoms with E-state index in [0.29, 0.717) is 23.0 Å². The fourth-order valence-corrected chi connectivity index (χ4v) is 9.45. The van der Waals surface area contributed by atoms with Crippen molar-refractivity contribution in [2.24, 2.45) is 11.8 Å². The summed E-state index contributed by atoms with van der Waals surface area (Å²) in [5.41, 5.74) is 8.27. The van der Waals surface area contributed by atoms with Crippen LogP contribution < -0.4 is 0 Å². The summed E-state index contributed by atoms with van der Waals surface area (Å²) in [6.07, 6.45) is 23.2. The molecule has 2 aliphatic carbocycles. The third-order valence-electron chi connectivity index (χ3n) is 13.5. The number of benzene rings is 4. The molecule has 2 atom stereocenters. The van der Waals surface area contributed by atoms with E-state index in [-0.39, 0.29) is 0 Å². The van der Waals surface area contributed by atoms with Gasteiger partial charge in [-0.1, -0.05) is 151 Å². The van der Waals surface area contributed by atoms with Gasteiger partial charge in [-0.2, -0.15) is 0 Å². The molecule has 6 rings (SSSR count). The minimum absolute atomic E-state index is 0.431. The van der Waals surface area contributed by atoms with E-state index < -0.39 is 24.1 Å². The van der Waals surface area contributed by atoms with Crippen molar-refractivity contribution in [3.05, 3.63) is 119 Å². The average molecular weight is 783 g/mol. The molecule has 4 nitrogen and oxygen atoms in total. The maximum atomic E-state index is 13.1. The summed E-state index contributed by atoms with van der Waals surface area (Å²) in [5.74, 6) is 2.30. The first-order valence-corrected chi connectivity index (χ1v) is 23.1. The Bertz CT molecular complexity index is 1670. The van der Waals surface area contributed by atoms with Crippen LogP contribution in [0.25, 0.3) is 22.3 Å². The third kappa shape index (κ3) is 12.4. The maximum Gasteiger partial charge on any atom is 0.338 e. The largest absolute Gasteiger partial charge is 0.455 e. The molecule has 0 amide bonds. The molecule has 2 saturated carbocycles. The molecule has 2 fully saturated rings. The third-order valence-corrected chi connectivity index (χ3v) is 13.5. The standard InChI is InChI=1S/C54H70O4/c1-5-7-9-11-13-41-15-19-43(20-16-41)45-23-27-47(28-24-45)49-31-35-51(36-32-49)53(55)57-39(3)40(4)58-54(56)52-37-33-50(34-38-52)48-29-25-46(26-30-48)44-21-17-42(18-22-44)14-12-10-8-6-2/h23-44H,5-22H2,1-4H3. The zero-order chi connectivity index (χ0) is 40.7. The molecule has 0 heterocycles. The van der Waals surface area contributed by atoms with Gasteiger partial charge in [0.25, 0.3) is 0 Å². The molecule has 0 radical (unpaired) electrons. The highest BCUT2D eigenvalue weighted by molar-refractivity contribution is 5.91. The molecule has 0 bridgehead atoms. The molecule has 0 saturated heterocycles. The normalized spacial score (nSPS) is 20.6. The van der Waals surface area contributed by atoms with Crippen molar-refractivity contribution < 1.29 is 19.1 Å². The number of hydrogen-bond donors (Lipinski definition) is 0. The van der Waals surface area contributed by atoms with Crippen LogP contribution in [-0.4, -0.2) is 24.1 Å². The molecule has 4 aromatic carbocycles. The van der Waals surface area contributed by atoms with Crippen molar-refractivity contribution in [2.75, 3.05) is 0 Å². The number of carbonyl (C=O) groups is 2. The second-order valence-corrected chi connectivity index (χ2v) is 17.8. The number of ether oxygens (including phenoxy) is 2. The van der Waals surface area contributed by atoms with Gasteiger partial charge in [-0.3, -0.25) is 0 Å². The predicted octanol–water partition coefficient (Wildman–Crippen LogP) is 15.3. The summed E-state index contributed by atoms with van der Waals surface area (Å²) in [4.78, 5) is 26.2. The molecule has 2 aliphatic rings. The number of unbranched alkanes of at least 4 members (excludes halogenated alkanes) is 6. The molecule has 0 N–H and O–H groups in total. The highest BCUT2D eigenvalue weighted by Gasteiger charge is 2.25. The van der Waals surface area contributed by atoms with Gasteiger partial charge in [0.2, 0.25) is 0 Å². The van der Waals surface area contributed by atoms with Gasteiger partial charge in [-0.05, 0) is 147 Å². The van der Waals surface area contributed by atoms with Crippen molar-refractivity contribution in [3.63, 3.8) is 0 Å². The molecular formula is C54H70O4. The van der Waals surface area contributed by atoms with E-state index in [9.17, 15) is 9.59 Å². The zero-order valence-corrected chi connectivity index (χ0v) is 36.1. The Kier molecular flexibility index (Phi) is 16.7. The van der Waals surface area contributed by atoms with E-state index in [1.54, 1.807) is 13.8 Å². The number of esters is 2. The van der Waals surface area contributed by atoms with Crippen LogP contribution in [0.3, 0.4) is 0 Å². The van der Waals surface area contributed by atoms with Crippen molar-refractivity contribution in [3.8, 4) is 22.3 Å². The fraction of sp³-hybridized carbons (Fsp3) is 0.519. The van der Waals surface area contributed by atoms with Crippen LogP contribution >= 0.6 is 0 Å². The zero-order valence-electron chi connectivity index (χ0n) is 36.1. The first-order chi connectivity index (χ1) is 28.3. The quantitative estimate of drug-likeness (QED) is 0.0702. The van der Waals surface area contributed by atoms with Crippen LogP contribution in [-0.2, 0) is 9.47 Å². The summed E-state index contributed by atoms with van der Waals surface area (Å²) in [7, 11) is 0. The van der Waals surface area contributed by atoms with Gasteiger partial charge in [0.1, 0.15) is 12.2 Å². The lowest BCUT2D eigenvalue weighted by molar-refractivity contribution is -0.0239. The Morgan fingerprint density at radius 1 is 0.448 bits per heavy atom. The van der Waals surface area contributed by atoms with Crippen LogP contribution in [0.4, 0.5) is 0 Å².